The first kappa shape index (κ1) is 11.9. The van der Waals surface area contributed by atoms with Crippen molar-refractivity contribution in [2.24, 2.45) is 5.41 Å². The second-order valence-electron chi connectivity index (χ2n) is 5.81. The Balaban J connectivity index is 1.89. The third-order valence-electron chi connectivity index (χ3n) is 4.08. The molecule has 18 heavy (non-hydrogen) atoms. The summed E-state index contributed by atoms with van der Waals surface area (Å²) >= 11 is 1.69. The van der Waals surface area contributed by atoms with E-state index < -0.39 is 0 Å². The Morgan fingerprint density at radius 1 is 1.39 bits per heavy atom. The van der Waals surface area contributed by atoms with Gasteiger partial charge in [0.05, 0.1) is 4.88 Å². The molecule has 1 unspecified atom stereocenters. The van der Waals surface area contributed by atoms with Crippen LogP contribution in [0.5, 0.6) is 0 Å². The lowest BCUT2D eigenvalue weighted by molar-refractivity contribution is 0.193. The zero-order chi connectivity index (χ0) is 12.6. The number of thiophene rings is 1. The topological polar surface area (TPSA) is 41.6 Å². The van der Waals surface area contributed by atoms with Crippen molar-refractivity contribution in [2.75, 3.05) is 0 Å². The van der Waals surface area contributed by atoms with Gasteiger partial charge < -0.3 is 0 Å². The molecule has 1 aliphatic rings. The van der Waals surface area contributed by atoms with Gasteiger partial charge in [-0.25, -0.2) is 4.98 Å². The molecule has 0 spiro atoms. The maximum Gasteiger partial charge on any atom is 0.191 e. The Morgan fingerprint density at radius 3 is 3.00 bits per heavy atom. The average Bonchev–Trinajstić information content (AvgIpc) is 2.99. The molecule has 2 heterocycles. The molecule has 0 amide bonds. The highest BCUT2D eigenvalue weighted by Gasteiger charge is 2.35. The lowest BCUT2D eigenvalue weighted by atomic mass is 9.68. The van der Waals surface area contributed by atoms with Gasteiger partial charge in [-0.1, -0.05) is 32.8 Å². The molecule has 2 aromatic rings. The lowest BCUT2D eigenvalue weighted by Gasteiger charge is -2.37. The lowest BCUT2D eigenvalue weighted by Crippen LogP contribution is -2.26. The van der Waals surface area contributed by atoms with E-state index in [4.69, 9.17) is 4.98 Å². The fourth-order valence-corrected chi connectivity index (χ4v) is 3.60. The first-order valence-electron chi connectivity index (χ1n) is 6.63. The zero-order valence-electron chi connectivity index (χ0n) is 10.9. The molecule has 1 aliphatic carbocycles. The summed E-state index contributed by atoms with van der Waals surface area (Å²) in [7, 11) is 0. The minimum absolute atomic E-state index is 0.338. The number of H-pyrrole nitrogens is 1. The van der Waals surface area contributed by atoms with E-state index in [1.807, 2.05) is 6.07 Å². The van der Waals surface area contributed by atoms with Crippen LogP contribution in [0.1, 0.15) is 51.3 Å². The standard InChI is InChI=1S/C14H19N3S/c1-14(2)8-4-3-6-10(14)12-15-13(17-16-12)11-7-5-9-18-11/h5,7,9-10H,3-4,6,8H2,1-2H3,(H,15,16,17). The fourth-order valence-electron chi connectivity index (χ4n) is 2.95. The Labute approximate surface area is 112 Å². The number of hydrogen-bond acceptors (Lipinski definition) is 3. The van der Waals surface area contributed by atoms with Crippen molar-refractivity contribution in [1.82, 2.24) is 15.2 Å². The molecule has 3 nitrogen and oxygen atoms in total. The highest BCUT2D eigenvalue weighted by atomic mass is 32.1. The molecule has 3 rings (SSSR count). The third-order valence-corrected chi connectivity index (χ3v) is 4.95. The Morgan fingerprint density at radius 2 is 2.28 bits per heavy atom. The maximum atomic E-state index is 4.72. The van der Waals surface area contributed by atoms with Crippen LogP contribution in [0.15, 0.2) is 17.5 Å². The van der Waals surface area contributed by atoms with Gasteiger partial charge >= 0.3 is 0 Å². The Hall–Kier alpha value is -1.16. The van der Waals surface area contributed by atoms with Gasteiger partial charge in [-0.3, -0.25) is 5.10 Å². The van der Waals surface area contributed by atoms with Gasteiger partial charge in [0.1, 0.15) is 5.82 Å². The van der Waals surface area contributed by atoms with Crippen LogP contribution in [-0.2, 0) is 0 Å². The van der Waals surface area contributed by atoms with Gasteiger partial charge in [0.25, 0.3) is 0 Å². The van der Waals surface area contributed by atoms with Gasteiger partial charge in [-0.15, -0.1) is 11.3 Å². The summed E-state index contributed by atoms with van der Waals surface area (Å²) < 4.78 is 0. The van der Waals surface area contributed by atoms with Crippen LogP contribution < -0.4 is 0 Å². The van der Waals surface area contributed by atoms with Gasteiger partial charge in [-0.2, -0.15) is 5.10 Å². The highest BCUT2D eigenvalue weighted by molar-refractivity contribution is 7.13. The van der Waals surface area contributed by atoms with Crippen LogP contribution in [0.3, 0.4) is 0 Å². The van der Waals surface area contributed by atoms with E-state index in [9.17, 15) is 0 Å². The molecule has 0 aromatic carbocycles. The van der Waals surface area contributed by atoms with Crippen LogP contribution in [-0.4, -0.2) is 15.2 Å². The molecule has 1 fully saturated rings. The predicted molar refractivity (Wildman–Crippen MR) is 74.7 cm³/mol. The van der Waals surface area contributed by atoms with Crippen molar-refractivity contribution in [3.63, 3.8) is 0 Å². The quantitative estimate of drug-likeness (QED) is 0.879. The first-order chi connectivity index (χ1) is 8.67. The number of rotatable bonds is 2. The number of nitrogens with one attached hydrogen (secondary N) is 1. The predicted octanol–water partition coefficient (Wildman–Crippen LogP) is 4.22. The molecule has 1 saturated carbocycles. The van der Waals surface area contributed by atoms with E-state index in [2.05, 4.69) is 35.5 Å². The number of aromatic nitrogens is 3. The van der Waals surface area contributed by atoms with Crippen LogP contribution in [0.4, 0.5) is 0 Å². The largest absolute Gasteiger partial charge is 0.262 e. The van der Waals surface area contributed by atoms with E-state index in [-0.39, 0.29) is 0 Å². The summed E-state index contributed by atoms with van der Waals surface area (Å²) in [6, 6.07) is 4.12. The highest BCUT2D eigenvalue weighted by Crippen LogP contribution is 2.45. The summed E-state index contributed by atoms with van der Waals surface area (Å²) in [6.07, 6.45) is 5.16. The van der Waals surface area contributed by atoms with Gasteiger partial charge in [0.15, 0.2) is 5.82 Å². The molecule has 1 atom stereocenters. The molecule has 0 saturated heterocycles. The molecule has 0 bridgehead atoms. The third kappa shape index (κ3) is 2.09. The van der Waals surface area contributed by atoms with Crippen molar-refractivity contribution in [3.05, 3.63) is 23.3 Å². The summed E-state index contributed by atoms with van der Waals surface area (Å²) in [6.45, 7) is 4.70. The second-order valence-corrected chi connectivity index (χ2v) is 6.76. The summed E-state index contributed by atoms with van der Waals surface area (Å²) in [4.78, 5) is 5.86. The van der Waals surface area contributed by atoms with E-state index in [0.717, 1.165) is 16.5 Å². The Bertz CT molecular complexity index is 513. The SMILES string of the molecule is CC1(C)CCCCC1c1nc(-c2cccs2)n[nH]1. The minimum Gasteiger partial charge on any atom is -0.262 e. The van der Waals surface area contributed by atoms with Gasteiger partial charge in [0, 0.05) is 5.92 Å². The molecular formula is C14H19N3S. The molecule has 0 radical (unpaired) electrons. The van der Waals surface area contributed by atoms with Gasteiger partial charge in [0.2, 0.25) is 0 Å². The molecule has 0 aliphatic heterocycles. The normalized spacial score (nSPS) is 23.1. The zero-order valence-corrected chi connectivity index (χ0v) is 11.8. The van der Waals surface area contributed by atoms with Gasteiger partial charge in [-0.05, 0) is 29.7 Å². The Kier molecular flexibility index (Phi) is 2.98. The second kappa shape index (κ2) is 4.50. The molecule has 4 heteroatoms. The van der Waals surface area contributed by atoms with Crippen molar-refractivity contribution in [2.45, 2.75) is 45.4 Å². The maximum absolute atomic E-state index is 4.72. The van der Waals surface area contributed by atoms with E-state index in [1.165, 1.54) is 25.7 Å². The van der Waals surface area contributed by atoms with Crippen molar-refractivity contribution in [1.29, 1.82) is 0 Å². The van der Waals surface area contributed by atoms with E-state index in [1.54, 1.807) is 11.3 Å². The van der Waals surface area contributed by atoms with Crippen LogP contribution >= 0.6 is 11.3 Å². The van der Waals surface area contributed by atoms with Crippen molar-refractivity contribution in [3.8, 4) is 10.7 Å². The van der Waals surface area contributed by atoms with Crippen molar-refractivity contribution >= 4 is 11.3 Å². The van der Waals surface area contributed by atoms with Crippen molar-refractivity contribution < 1.29 is 0 Å². The molecular weight excluding hydrogens is 242 g/mol. The smallest absolute Gasteiger partial charge is 0.191 e. The number of aromatic amines is 1. The van der Waals surface area contributed by atoms with Crippen LogP contribution in [0.2, 0.25) is 0 Å². The number of nitrogens with zero attached hydrogens (tertiary/aromatic N) is 2. The van der Waals surface area contributed by atoms with E-state index in [0.29, 0.717) is 11.3 Å². The van der Waals surface area contributed by atoms with Crippen LogP contribution in [0.25, 0.3) is 10.7 Å². The fraction of sp³-hybridized carbons (Fsp3) is 0.571. The molecule has 1 N–H and O–H groups in total. The molecule has 2 aromatic heterocycles. The number of hydrogen-bond donors (Lipinski definition) is 1. The van der Waals surface area contributed by atoms with E-state index >= 15 is 0 Å². The molecule has 96 valence electrons. The minimum atomic E-state index is 0.338. The first-order valence-corrected chi connectivity index (χ1v) is 7.51. The monoisotopic (exact) mass is 261 g/mol. The van der Waals surface area contributed by atoms with Crippen LogP contribution in [0, 0.1) is 5.41 Å². The summed E-state index contributed by atoms with van der Waals surface area (Å²) in [5, 5.41) is 9.60. The average molecular weight is 261 g/mol. The summed E-state index contributed by atoms with van der Waals surface area (Å²) in [5.74, 6) is 2.44. The summed E-state index contributed by atoms with van der Waals surface area (Å²) in [5.41, 5.74) is 0.338.